The van der Waals surface area contributed by atoms with Crippen molar-refractivity contribution in [3.05, 3.63) is 214 Å². The second kappa shape index (κ2) is 65.2. The first kappa shape index (κ1) is 125. The molecule has 6 rings (SSSR count). The van der Waals surface area contributed by atoms with Crippen molar-refractivity contribution >= 4 is 120 Å². The van der Waals surface area contributed by atoms with E-state index in [0.717, 1.165) is 130 Å². The number of nitro groups is 10. The lowest BCUT2D eigenvalue weighted by atomic mass is 10.0. The normalized spacial score (nSPS) is 10.3. The fraction of sp³-hybridized carbons (Fsp3) is 0.506. The number of ether oxygens (including phenoxy) is 1. The van der Waals surface area contributed by atoms with Gasteiger partial charge < -0.3 is 53.4 Å². The first-order chi connectivity index (χ1) is 63.1. The van der Waals surface area contributed by atoms with Crippen LogP contribution in [0.2, 0.25) is 0 Å². The topological polar surface area (TPSA) is 656 Å². The number of unbranched alkanes of at least 4 members (excludes halogenated alkanes) is 7. The number of esters is 2. The van der Waals surface area contributed by atoms with Crippen molar-refractivity contribution in [1.82, 2.24) is 0 Å². The number of nitrogens with zero attached hydrogens (tertiary/aromatic N) is 12. The molecule has 0 aromatic heterocycles. The third-order valence-electron chi connectivity index (χ3n) is 17.4. The number of nitrogen functional groups attached to an aromatic ring is 2. The molecule has 0 saturated heterocycles. The zero-order chi connectivity index (χ0) is 104. The van der Waals surface area contributed by atoms with Crippen LogP contribution in [0.1, 0.15) is 209 Å². The zero-order valence-electron chi connectivity index (χ0n) is 76.2. The molecule has 0 heterocycles. The van der Waals surface area contributed by atoms with Crippen molar-refractivity contribution in [2.24, 2.45) is 11.5 Å². The molecular formula is C81H113F10N19O25. The number of carbonyl (C=O) groups is 4. The van der Waals surface area contributed by atoms with Gasteiger partial charge in [0.05, 0.1) is 90.9 Å². The van der Waals surface area contributed by atoms with Crippen LogP contribution in [0, 0.1) is 124 Å². The third kappa shape index (κ3) is 46.0. The van der Waals surface area contributed by atoms with E-state index in [1.54, 1.807) is 6.92 Å². The van der Waals surface area contributed by atoms with Crippen molar-refractivity contribution in [2.45, 2.75) is 224 Å². The highest BCUT2D eigenvalue weighted by Crippen LogP contribution is 2.41. The van der Waals surface area contributed by atoms with Crippen molar-refractivity contribution in [3.8, 4) is 0 Å². The lowest BCUT2D eigenvalue weighted by Gasteiger charge is -2.20. The molecule has 0 unspecified atom stereocenters. The van der Waals surface area contributed by atoms with E-state index >= 15 is 0 Å². The van der Waals surface area contributed by atoms with E-state index < -0.39 is 143 Å². The Morgan fingerprint density at radius 3 is 0.867 bits per heavy atom. The third-order valence-corrected chi connectivity index (χ3v) is 17.4. The Morgan fingerprint density at radius 1 is 0.319 bits per heavy atom. The van der Waals surface area contributed by atoms with Crippen LogP contribution in [0.3, 0.4) is 0 Å². The molecule has 0 aliphatic rings. The minimum atomic E-state index is -5.62. The lowest BCUT2D eigenvalue weighted by Crippen LogP contribution is -2.34. The SMILES string of the molecule is CCCCN.CCCCNc1cc(N)c(CCCC)cc1N.CCCCNc1cc([N+](=O)[O-])c(CCCC)cc1[N+](=O)[O-].CCCCNc1cc([N+](=O)[O-])c(N(CCC)C(C)=O)cc1[N+](=O)[O-].CCCCc1cc([N+](=O)[O-])c(F)cc1[N+](=O)[O-].CCCN.CCCN(C(C)=O)c1cc([N+](=O)[O-])c(F)cc1[N+](=O)[O-].O=C(OC(=O)C(F)(F)F)C(F)(F)F.O=[N+]([O-])c1cc(F)c([N+](=O)[O-])cc1F. The fourth-order valence-electron chi connectivity index (χ4n) is 10.6. The molecule has 0 fully saturated rings. The van der Waals surface area contributed by atoms with Gasteiger partial charge in [-0.05, 0) is 114 Å². The molecule has 6 aromatic carbocycles. The summed E-state index contributed by atoms with van der Waals surface area (Å²) in [5.74, 6) is -12.7. The molecule has 0 radical (unpaired) electrons. The smallest absolute Gasteiger partial charge is 0.398 e. The average molecular weight is 1940 g/mol. The molecule has 0 atom stereocenters. The summed E-state index contributed by atoms with van der Waals surface area (Å²) in [4.78, 5) is 145. The van der Waals surface area contributed by atoms with Gasteiger partial charge in [-0.25, -0.2) is 9.59 Å². The number of hydrogen-bond acceptors (Lipinski definition) is 32. The largest absolute Gasteiger partial charge is 0.491 e. The Balaban J connectivity index is -0.00000149. The Labute approximate surface area is 767 Å². The highest BCUT2D eigenvalue weighted by molar-refractivity contribution is 5.96. The molecule has 752 valence electrons. The number of benzene rings is 6. The maximum absolute atomic E-state index is 13.4. The molecule has 0 aliphatic heterocycles. The highest BCUT2D eigenvalue weighted by atomic mass is 19.4. The summed E-state index contributed by atoms with van der Waals surface area (Å²) in [7, 11) is 0. The molecular weight excluding hydrogens is 1830 g/mol. The average Bonchev–Trinajstić information content (AvgIpc) is 0.793. The molecule has 54 heteroatoms. The number of carbonyl (C=O) groups excluding carboxylic acids is 4. The number of halogens is 10. The van der Waals surface area contributed by atoms with E-state index in [4.69, 9.17) is 22.9 Å². The number of alkyl halides is 6. The summed E-state index contributed by atoms with van der Waals surface area (Å²) in [5, 5.41) is 117. The Hall–Kier alpha value is -14.4. The van der Waals surface area contributed by atoms with Crippen LogP contribution in [0.15, 0.2) is 72.8 Å². The maximum Gasteiger partial charge on any atom is 0.491 e. The quantitative estimate of drug-likeness (QED) is 0.00357. The number of hydrogen-bond donors (Lipinski definition) is 7. The van der Waals surface area contributed by atoms with Gasteiger partial charge in [0.2, 0.25) is 35.1 Å². The van der Waals surface area contributed by atoms with Crippen molar-refractivity contribution in [3.63, 3.8) is 0 Å². The minimum absolute atomic E-state index is 0.0481. The number of anilines is 7. The molecule has 44 nitrogen and oxygen atoms in total. The molecule has 0 spiro atoms. The first-order valence-corrected chi connectivity index (χ1v) is 41.8. The minimum Gasteiger partial charge on any atom is -0.398 e. The Kier molecular flexibility index (Phi) is 60.3. The van der Waals surface area contributed by atoms with E-state index in [-0.39, 0.29) is 76.3 Å². The van der Waals surface area contributed by atoms with Crippen molar-refractivity contribution < 1.29 is 117 Å². The second-order valence-electron chi connectivity index (χ2n) is 28.1. The fourth-order valence-corrected chi connectivity index (χ4v) is 10.6. The van der Waals surface area contributed by atoms with Gasteiger partial charge in [-0.2, -0.15) is 43.9 Å². The monoisotopic (exact) mass is 1940 g/mol. The number of nitro benzene ring substituents is 10. The van der Waals surface area contributed by atoms with Crippen molar-refractivity contribution in [2.75, 3.05) is 83.0 Å². The Morgan fingerprint density at radius 2 is 0.578 bits per heavy atom. The van der Waals surface area contributed by atoms with Crippen LogP contribution in [0.25, 0.3) is 0 Å². The van der Waals surface area contributed by atoms with E-state index in [9.17, 15) is 164 Å². The molecule has 0 bridgehead atoms. The summed E-state index contributed by atoms with van der Waals surface area (Å²) in [6.07, 6.45) is 6.32. The highest BCUT2D eigenvalue weighted by Gasteiger charge is 2.49. The molecule has 0 saturated carbocycles. The van der Waals surface area contributed by atoms with Gasteiger partial charge in [0, 0.05) is 93.7 Å². The van der Waals surface area contributed by atoms with Gasteiger partial charge >= 0.3 is 47.0 Å². The van der Waals surface area contributed by atoms with E-state index in [2.05, 4.69) is 48.4 Å². The van der Waals surface area contributed by atoms with Crippen LogP contribution in [-0.4, -0.2) is 131 Å². The number of aryl methyl sites for hydroxylation is 3. The predicted molar refractivity (Wildman–Crippen MR) is 483 cm³/mol. The molecule has 2 amide bonds. The summed E-state index contributed by atoms with van der Waals surface area (Å²) >= 11 is 0. The van der Waals surface area contributed by atoms with Crippen LogP contribution in [0.5, 0.6) is 0 Å². The van der Waals surface area contributed by atoms with Crippen molar-refractivity contribution in [1.29, 1.82) is 0 Å². The van der Waals surface area contributed by atoms with Gasteiger partial charge in [-0.3, -0.25) is 111 Å². The van der Waals surface area contributed by atoms with Gasteiger partial charge in [0.15, 0.2) is 0 Å². The number of nitrogens with one attached hydrogen (secondary N) is 3. The standard InChI is InChI=1S/C15H22N4O5.C14H21N3O4.C14H25N3.C11H12FN3O5.C10H11FN2O4.C6H2F2N2O4.C4F6O3.C4H11N.C3H9N/c1-4-6-7-16-12-9-15(19(23)24)14(10-13(12)18(21)22)17(8-5-2)11(3)20;1-3-5-7-11-9-14(17(20)21)12(15-8-6-4-2)10-13(11)16(18)19;1-3-5-7-11-9-13(16)14(10-12(11)15)17-8-6-4-2;1-3-4-13(7(2)16)10-6-9(14(17)18)8(12)5-11(10)15(19)20;1-2-3-4-7-5-10(13(16)17)8(11)6-9(7)12(14)15;7-3-1-5(9(11)12)4(8)2-6(3)10(13)14;5-3(6,7)1(11)13-2(12)4(8,9)10;1-2-3-4-5;1-2-3-4/h9-10,16H,4-8H2,1-3H3;9-10,15H,3-8H2,1-2H3;9-10,17H,3-8,15-16H2,1-2H3;5-6H,3-4H2,1-2H3;5-6H,2-4H2,1H3;1-2H;;2-5H2,1H3;2-4H2,1H3. The number of rotatable bonds is 40. The number of nitrogens with two attached hydrogens (primary N) is 4. The molecule has 11 N–H and O–H groups in total. The van der Waals surface area contributed by atoms with Gasteiger partial charge in [0.1, 0.15) is 22.7 Å². The van der Waals surface area contributed by atoms with Crippen LogP contribution >= 0.6 is 0 Å². The van der Waals surface area contributed by atoms with Gasteiger partial charge in [-0.15, -0.1) is 0 Å². The summed E-state index contributed by atoms with van der Waals surface area (Å²) in [6.45, 7) is 26.4. The maximum atomic E-state index is 13.4. The summed E-state index contributed by atoms with van der Waals surface area (Å²) < 4.78 is 122. The van der Waals surface area contributed by atoms with E-state index in [0.29, 0.717) is 69.0 Å². The van der Waals surface area contributed by atoms with Gasteiger partial charge in [0.25, 0.3) is 34.1 Å². The van der Waals surface area contributed by atoms with Crippen LogP contribution in [0.4, 0.5) is 141 Å². The number of amides is 2. The predicted octanol–water partition coefficient (Wildman–Crippen LogP) is 20.4. The lowest BCUT2D eigenvalue weighted by molar-refractivity contribution is -0.393. The van der Waals surface area contributed by atoms with E-state index in [1.807, 2.05) is 46.8 Å². The summed E-state index contributed by atoms with van der Waals surface area (Å²) in [6, 6.07) is 11.9. The van der Waals surface area contributed by atoms with Crippen LogP contribution in [-0.2, 0) is 43.2 Å². The summed E-state index contributed by atoms with van der Waals surface area (Å²) in [5.41, 5.74) is 20.9. The Bertz CT molecular complexity index is 4880. The van der Waals surface area contributed by atoms with Crippen LogP contribution < -0.4 is 48.7 Å². The van der Waals surface area contributed by atoms with E-state index in [1.165, 1.54) is 62.1 Å². The molecule has 0 aliphatic carbocycles. The first-order valence-electron chi connectivity index (χ1n) is 41.8. The second-order valence-corrected chi connectivity index (χ2v) is 28.1. The molecule has 135 heavy (non-hydrogen) atoms. The zero-order valence-corrected chi connectivity index (χ0v) is 76.2. The molecule has 6 aromatic rings. The van der Waals surface area contributed by atoms with Gasteiger partial charge in [-0.1, -0.05) is 114 Å².